The van der Waals surface area contributed by atoms with E-state index in [1.54, 1.807) is 18.0 Å². The van der Waals surface area contributed by atoms with Crippen molar-refractivity contribution >= 4 is 29.1 Å². The van der Waals surface area contributed by atoms with E-state index in [0.717, 1.165) is 21.4 Å². The van der Waals surface area contributed by atoms with E-state index in [1.165, 1.54) is 0 Å². The Morgan fingerprint density at radius 3 is 2.64 bits per heavy atom. The third-order valence-corrected chi connectivity index (χ3v) is 5.53. The third kappa shape index (κ3) is 3.27. The molecule has 3 aromatic rings. The van der Waals surface area contributed by atoms with Crippen LogP contribution in [0.4, 0.5) is 0 Å². The minimum Gasteiger partial charge on any atom is -0.452 e. The summed E-state index contributed by atoms with van der Waals surface area (Å²) in [5.74, 6) is 0.879. The lowest BCUT2D eigenvalue weighted by atomic mass is 10.0. The van der Waals surface area contributed by atoms with Crippen LogP contribution in [0, 0.1) is 0 Å². The summed E-state index contributed by atoms with van der Waals surface area (Å²) in [6, 6.07) is 20.1. The first-order valence-electron chi connectivity index (χ1n) is 7.99. The molecule has 1 N–H and O–H groups in total. The molecule has 6 heteroatoms. The Morgan fingerprint density at radius 1 is 1.08 bits per heavy atom. The zero-order valence-corrected chi connectivity index (χ0v) is 15.3. The van der Waals surface area contributed by atoms with E-state index < -0.39 is 0 Å². The second kappa shape index (κ2) is 6.90. The molecule has 4 nitrogen and oxygen atoms in total. The van der Waals surface area contributed by atoms with Gasteiger partial charge in [-0.05, 0) is 48.6 Å². The van der Waals surface area contributed by atoms with Crippen molar-refractivity contribution in [1.82, 2.24) is 15.2 Å². The normalized spacial score (nSPS) is 19.9. The van der Waals surface area contributed by atoms with Crippen molar-refractivity contribution in [3.63, 3.8) is 0 Å². The number of likely N-dealkylation sites (N-methyl/N-ethyl adjacent to an activating group) is 1. The Bertz CT molecular complexity index is 867. The van der Waals surface area contributed by atoms with Crippen LogP contribution in [0.2, 0.25) is 0 Å². The molecule has 0 spiro atoms. The van der Waals surface area contributed by atoms with Crippen LogP contribution in [0.1, 0.15) is 23.5 Å². The molecule has 0 aliphatic carbocycles. The summed E-state index contributed by atoms with van der Waals surface area (Å²) >= 11 is 7.06. The maximum absolute atomic E-state index is 6.14. The van der Waals surface area contributed by atoms with Crippen LogP contribution in [-0.4, -0.2) is 22.0 Å². The number of hydrogen-bond acceptors (Lipinski definition) is 4. The van der Waals surface area contributed by atoms with E-state index in [-0.39, 0.29) is 12.1 Å². The average molecular weight is 367 g/mol. The number of nitrogens with zero attached hydrogens (tertiary/aromatic N) is 2. The zero-order chi connectivity index (χ0) is 17.2. The number of rotatable bonds is 4. The summed E-state index contributed by atoms with van der Waals surface area (Å²) in [6.45, 7) is 0. The maximum Gasteiger partial charge on any atom is 0.170 e. The van der Waals surface area contributed by atoms with Gasteiger partial charge in [0.1, 0.15) is 11.8 Å². The number of benzene rings is 1. The van der Waals surface area contributed by atoms with Crippen molar-refractivity contribution in [2.24, 2.45) is 0 Å². The molecule has 2 aromatic heterocycles. The predicted molar refractivity (Wildman–Crippen MR) is 102 cm³/mol. The number of thiocarbonyl (C=S) groups is 1. The predicted octanol–water partition coefficient (Wildman–Crippen LogP) is 4.43. The Labute approximate surface area is 156 Å². The van der Waals surface area contributed by atoms with Gasteiger partial charge in [-0.3, -0.25) is 4.98 Å². The second-order valence-corrected chi connectivity index (χ2v) is 7.27. The van der Waals surface area contributed by atoms with Crippen LogP contribution in [0.25, 0.3) is 0 Å². The Kier molecular flexibility index (Phi) is 4.46. The van der Waals surface area contributed by atoms with Crippen LogP contribution in [0.5, 0.6) is 0 Å². The van der Waals surface area contributed by atoms with Gasteiger partial charge in [-0.2, -0.15) is 0 Å². The topological polar surface area (TPSA) is 41.3 Å². The summed E-state index contributed by atoms with van der Waals surface area (Å²) in [4.78, 5) is 7.67. The van der Waals surface area contributed by atoms with Gasteiger partial charge >= 0.3 is 0 Å². The minimum absolute atomic E-state index is 0.0208. The molecule has 1 fully saturated rings. The quantitative estimate of drug-likeness (QED) is 0.688. The van der Waals surface area contributed by atoms with Crippen LogP contribution in [-0.2, 0) is 0 Å². The summed E-state index contributed by atoms with van der Waals surface area (Å²) < 4.78 is 6.14. The second-order valence-electron chi connectivity index (χ2n) is 5.81. The molecule has 1 aromatic carbocycles. The van der Waals surface area contributed by atoms with Crippen molar-refractivity contribution in [2.75, 3.05) is 7.05 Å². The van der Waals surface area contributed by atoms with Gasteiger partial charge in [-0.15, -0.1) is 0 Å². The largest absolute Gasteiger partial charge is 0.452 e. The number of hydrogen-bond donors (Lipinski definition) is 1. The molecule has 3 heterocycles. The fraction of sp³-hybridized carbons (Fsp3) is 0.158. The lowest BCUT2D eigenvalue weighted by Gasteiger charge is -2.21. The molecule has 2 atom stereocenters. The molecule has 1 aliphatic heterocycles. The highest BCUT2D eigenvalue weighted by Crippen LogP contribution is 2.40. The summed E-state index contributed by atoms with van der Waals surface area (Å²) in [6.07, 6.45) is 1.80. The molecule has 25 heavy (non-hydrogen) atoms. The van der Waals surface area contributed by atoms with Gasteiger partial charge in [0.25, 0.3) is 0 Å². The van der Waals surface area contributed by atoms with Crippen molar-refractivity contribution in [3.05, 3.63) is 78.3 Å². The van der Waals surface area contributed by atoms with Gasteiger partial charge in [0.05, 0.1) is 11.7 Å². The molecule has 1 aliphatic rings. The SMILES string of the molecule is CN1C(=S)N[C@H](c2ccccn2)[C@H]1c1ccc(Sc2ccccc2)o1. The Hall–Kier alpha value is -2.31. The lowest BCUT2D eigenvalue weighted by Crippen LogP contribution is -2.24. The van der Waals surface area contributed by atoms with Gasteiger partial charge in [0.2, 0.25) is 0 Å². The first kappa shape index (κ1) is 16.2. The van der Waals surface area contributed by atoms with Crippen molar-refractivity contribution in [2.45, 2.75) is 22.1 Å². The Morgan fingerprint density at radius 2 is 1.88 bits per heavy atom. The molecular formula is C19H17N3OS2. The van der Waals surface area contributed by atoms with Gasteiger partial charge in [-0.1, -0.05) is 36.0 Å². The maximum atomic E-state index is 6.14. The smallest absolute Gasteiger partial charge is 0.170 e. The van der Waals surface area contributed by atoms with Crippen molar-refractivity contribution < 1.29 is 4.42 Å². The number of aromatic nitrogens is 1. The van der Waals surface area contributed by atoms with Crippen LogP contribution < -0.4 is 5.32 Å². The number of pyridine rings is 1. The minimum atomic E-state index is -0.0283. The van der Waals surface area contributed by atoms with Crippen LogP contribution >= 0.6 is 24.0 Å². The highest BCUT2D eigenvalue weighted by atomic mass is 32.2. The van der Waals surface area contributed by atoms with Gasteiger partial charge in [0.15, 0.2) is 10.2 Å². The van der Waals surface area contributed by atoms with E-state index in [9.17, 15) is 0 Å². The highest BCUT2D eigenvalue weighted by molar-refractivity contribution is 7.99. The molecule has 126 valence electrons. The van der Waals surface area contributed by atoms with E-state index in [0.29, 0.717) is 5.11 Å². The summed E-state index contributed by atoms with van der Waals surface area (Å²) in [5, 5.41) is 4.93. The van der Waals surface area contributed by atoms with Gasteiger partial charge in [-0.25, -0.2) is 0 Å². The molecular weight excluding hydrogens is 350 g/mol. The summed E-state index contributed by atoms with van der Waals surface area (Å²) in [7, 11) is 1.98. The van der Waals surface area contributed by atoms with Crippen LogP contribution in [0.15, 0.2) is 81.3 Å². The standard InChI is InChI=1S/C19H17N3OS2/c1-22-18(17(21-19(22)24)14-9-5-6-12-20-14)15-10-11-16(23-15)25-13-7-3-2-4-8-13/h2-12,17-18H,1H3,(H,21,24)/t17-,18-/m1/s1. The monoisotopic (exact) mass is 367 g/mol. The molecule has 0 radical (unpaired) electrons. The molecule has 1 saturated heterocycles. The molecule has 0 unspecified atom stereocenters. The molecule has 0 amide bonds. The van der Waals surface area contributed by atoms with Crippen molar-refractivity contribution in [1.29, 1.82) is 0 Å². The molecule has 0 bridgehead atoms. The first-order chi connectivity index (χ1) is 12.2. The van der Waals surface area contributed by atoms with Gasteiger partial charge in [0, 0.05) is 18.1 Å². The van der Waals surface area contributed by atoms with E-state index in [1.807, 2.05) is 60.5 Å². The number of furan rings is 1. The van der Waals surface area contributed by atoms with Crippen LogP contribution in [0.3, 0.4) is 0 Å². The van der Waals surface area contributed by atoms with E-state index in [4.69, 9.17) is 16.6 Å². The lowest BCUT2D eigenvalue weighted by molar-refractivity contribution is 0.289. The molecule has 0 saturated carbocycles. The average Bonchev–Trinajstić information content (AvgIpc) is 3.21. The highest BCUT2D eigenvalue weighted by Gasteiger charge is 2.39. The number of nitrogens with one attached hydrogen (secondary N) is 1. The van der Waals surface area contributed by atoms with E-state index in [2.05, 4.69) is 22.4 Å². The first-order valence-corrected chi connectivity index (χ1v) is 9.22. The van der Waals surface area contributed by atoms with Gasteiger partial charge < -0.3 is 14.6 Å². The Balaban J connectivity index is 1.62. The third-order valence-electron chi connectivity index (χ3n) is 4.19. The zero-order valence-electron chi connectivity index (χ0n) is 13.6. The summed E-state index contributed by atoms with van der Waals surface area (Å²) in [5.41, 5.74) is 0.952. The van der Waals surface area contributed by atoms with E-state index >= 15 is 0 Å². The molecule has 4 rings (SSSR count). The fourth-order valence-corrected chi connectivity index (χ4v) is 4.01. The van der Waals surface area contributed by atoms with Crippen molar-refractivity contribution in [3.8, 4) is 0 Å². The fourth-order valence-electron chi connectivity index (χ4n) is 2.97.